The van der Waals surface area contributed by atoms with Gasteiger partial charge in [-0.15, -0.1) is 0 Å². The molecule has 0 saturated heterocycles. The Morgan fingerprint density at radius 2 is 2.10 bits per heavy atom. The second-order valence-corrected chi connectivity index (χ2v) is 5.63. The first-order chi connectivity index (χ1) is 9.56. The van der Waals surface area contributed by atoms with E-state index in [1.807, 2.05) is 30.7 Å². The van der Waals surface area contributed by atoms with Gasteiger partial charge in [-0.05, 0) is 26.8 Å². The number of benzene rings is 1. The monoisotopic (exact) mass is 356 g/mol. The van der Waals surface area contributed by atoms with E-state index in [9.17, 15) is 0 Å². The van der Waals surface area contributed by atoms with Crippen molar-refractivity contribution in [2.24, 2.45) is 0 Å². The van der Waals surface area contributed by atoms with Crippen molar-refractivity contribution in [1.29, 1.82) is 0 Å². The molecule has 0 saturated carbocycles. The summed E-state index contributed by atoms with van der Waals surface area (Å²) in [5, 5.41) is 5.85. The summed E-state index contributed by atoms with van der Waals surface area (Å²) in [4.78, 5) is 0. The fraction of sp³-hybridized carbons (Fsp3) is 0.400. The first kappa shape index (κ1) is 15.4. The summed E-state index contributed by atoms with van der Waals surface area (Å²) in [6, 6.07) is 6.17. The molecule has 0 aliphatic heterocycles. The molecule has 5 heteroatoms. The fourth-order valence-corrected chi connectivity index (χ4v) is 2.73. The van der Waals surface area contributed by atoms with Gasteiger partial charge in [-0.1, -0.05) is 45.2 Å². The van der Waals surface area contributed by atoms with Gasteiger partial charge >= 0.3 is 0 Å². The van der Waals surface area contributed by atoms with E-state index in [-0.39, 0.29) is 0 Å². The molecule has 0 radical (unpaired) electrons. The van der Waals surface area contributed by atoms with Gasteiger partial charge in [-0.2, -0.15) is 5.10 Å². The summed E-state index contributed by atoms with van der Waals surface area (Å²) in [6.07, 6.45) is 0. The first-order valence-electron chi connectivity index (χ1n) is 6.56. The molecule has 0 aliphatic carbocycles. The Morgan fingerprint density at radius 1 is 1.35 bits per heavy atom. The van der Waals surface area contributed by atoms with Crippen LogP contribution in [0.4, 0.5) is 0 Å². The van der Waals surface area contributed by atoms with Gasteiger partial charge in [-0.25, -0.2) is 0 Å². The van der Waals surface area contributed by atoms with Gasteiger partial charge < -0.3 is 4.74 Å². The van der Waals surface area contributed by atoms with Crippen LogP contribution in [0, 0.1) is 13.8 Å². The minimum absolute atomic E-state index is 0.427. The third-order valence-electron chi connectivity index (χ3n) is 3.18. The summed E-state index contributed by atoms with van der Waals surface area (Å²) < 4.78 is 7.82. The minimum atomic E-state index is 0.427. The van der Waals surface area contributed by atoms with Crippen LogP contribution in [-0.4, -0.2) is 9.78 Å². The maximum atomic E-state index is 6.29. The van der Waals surface area contributed by atoms with E-state index in [0.717, 1.165) is 34.6 Å². The normalized spacial score (nSPS) is 10.8. The van der Waals surface area contributed by atoms with Crippen molar-refractivity contribution >= 4 is 27.5 Å². The van der Waals surface area contributed by atoms with Crippen LogP contribution in [0.2, 0.25) is 5.02 Å². The molecule has 2 rings (SSSR count). The molecule has 0 aliphatic rings. The second kappa shape index (κ2) is 6.64. The van der Waals surface area contributed by atoms with Gasteiger partial charge in [-0.3, -0.25) is 4.68 Å². The average molecular weight is 358 g/mol. The highest BCUT2D eigenvalue weighted by Crippen LogP contribution is 2.26. The maximum absolute atomic E-state index is 6.29. The SMILES string of the molecule is CCn1nc(C)c(Cl)c1COc1ccc(C)cc1CBr. The first-order valence-corrected chi connectivity index (χ1v) is 8.06. The van der Waals surface area contributed by atoms with E-state index in [0.29, 0.717) is 11.6 Å². The number of ether oxygens (including phenoxy) is 1. The Bertz CT molecular complexity index is 610. The van der Waals surface area contributed by atoms with E-state index in [2.05, 4.69) is 34.0 Å². The van der Waals surface area contributed by atoms with E-state index in [1.165, 1.54) is 5.56 Å². The quantitative estimate of drug-likeness (QED) is 0.728. The molecule has 1 heterocycles. The van der Waals surface area contributed by atoms with Gasteiger partial charge in [0.25, 0.3) is 0 Å². The van der Waals surface area contributed by atoms with E-state index in [4.69, 9.17) is 16.3 Å². The Hall–Kier alpha value is -1.000. The Morgan fingerprint density at radius 3 is 2.75 bits per heavy atom. The molecular formula is C15H18BrClN2O. The minimum Gasteiger partial charge on any atom is -0.487 e. The number of halogens is 2. The Balaban J connectivity index is 2.21. The number of alkyl halides is 1. The molecule has 2 aromatic rings. The smallest absolute Gasteiger partial charge is 0.131 e. The lowest BCUT2D eigenvalue weighted by Crippen LogP contribution is -2.07. The predicted octanol–water partition coefficient (Wildman–Crippen LogP) is 4.65. The summed E-state index contributed by atoms with van der Waals surface area (Å²) in [7, 11) is 0. The molecule has 0 atom stereocenters. The molecule has 3 nitrogen and oxygen atoms in total. The largest absolute Gasteiger partial charge is 0.487 e. The van der Waals surface area contributed by atoms with Gasteiger partial charge in [0, 0.05) is 17.4 Å². The van der Waals surface area contributed by atoms with Crippen molar-refractivity contribution in [3.63, 3.8) is 0 Å². The molecule has 0 N–H and O–H groups in total. The van der Waals surface area contributed by atoms with E-state index < -0.39 is 0 Å². The number of hydrogen-bond acceptors (Lipinski definition) is 2. The van der Waals surface area contributed by atoms with Crippen LogP contribution < -0.4 is 4.74 Å². The van der Waals surface area contributed by atoms with Crippen molar-refractivity contribution in [3.05, 3.63) is 45.7 Å². The topological polar surface area (TPSA) is 27.1 Å². The molecular weight excluding hydrogens is 340 g/mol. The second-order valence-electron chi connectivity index (χ2n) is 4.70. The standard InChI is InChI=1S/C15H18BrClN2O/c1-4-19-13(15(17)11(3)18-19)9-20-14-6-5-10(2)7-12(14)8-16/h5-7H,4,8-9H2,1-3H3. The van der Waals surface area contributed by atoms with E-state index in [1.54, 1.807) is 0 Å². The summed E-state index contributed by atoms with van der Waals surface area (Å²) in [5.74, 6) is 0.880. The van der Waals surface area contributed by atoms with Gasteiger partial charge in [0.05, 0.1) is 16.4 Å². The van der Waals surface area contributed by atoms with Crippen LogP contribution in [0.15, 0.2) is 18.2 Å². The predicted molar refractivity (Wildman–Crippen MR) is 85.8 cm³/mol. The summed E-state index contributed by atoms with van der Waals surface area (Å²) in [5.41, 5.74) is 4.13. The highest BCUT2D eigenvalue weighted by molar-refractivity contribution is 9.08. The molecule has 108 valence electrons. The van der Waals surface area contributed by atoms with Crippen LogP contribution in [0.25, 0.3) is 0 Å². The highest BCUT2D eigenvalue weighted by Gasteiger charge is 2.13. The molecule has 0 spiro atoms. The van der Waals surface area contributed by atoms with Crippen LogP contribution in [-0.2, 0) is 18.5 Å². The van der Waals surface area contributed by atoms with Crippen molar-refractivity contribution < 1.29 is 4.74 Å². The lowest BCUT2D eigenvalue weighted by molar-refractivity contribution is 0.290. The molecule has 20 heavy (non-hydrogen) atoms. The number of hydrogen-bond donors (Lipinski definition) is 0. The molecule has 0 bridgehead atoms. The lowest BCUT2D eigenvalue weighted by atomic mass is 10.1. The van der Waals surface area contributed by atoms with Crippen molar-refractivity contribution in [2.75, 3.05) is 0 Å². The zero-order chi connectivity index (χ0) is 14.7. The van der Waals surface area contributed by atoms with Crippen molar-refractivity contribution in [3.8, 4) is 5.75 Å². The van der Waals surface area contributed by atoms with Crippen LogP contribution in [0.3, 0.4) is 0 Å². The highest BCUT2D eigenvalue weighted by atomic mass is 79.9. The number of rotatable bonds is 5. The maximum Gasteiger partial charge on any atom is 0.131 e. The van der Waals surface area contributed by atoms with Gasteiger partial charge in [0.1, 0.15) is 12.4 Å². The van der Waals surface area contributed by atoms with E-state index >= 15 is 0 Å². The zero-order valence-corrected chi connectivity index (χ0v) is 14.3. The number of aromatic nitrogens is 2. The zero-order valence-electron chi connectivity index (χ0n) is 11.9. The summed E-state index contributed by atoms with van der Waals surface area (Å²) in [6.45, 7) is 7.24. The number of nitrogens with zero attached hydrogens (tertiary/aromatic N) is 2. The Labute approximate surface area is 133 Å². The third-order valence-corrected chi connectivity index (χ3v) is 4.27. The van der Waals surface area contributed by atoms with Crippen LogP contribution in [0.5, 0.6) is 5.75 Å². The molecule has 1 aromatic carbocycles. The third kappa shape index (κ3) is 3.18. The lowest BCUT2D eigenvalue weighted by Gasteiger charge is -2.12. The molecule has 1 aromatic heterocycles. The van der Waals surface area contributed by atoms with Crippen molar-refractivity contribution in [2.45, 2.75) is 39.3 Å². The molecule has 0 unspecified atom stereocenters. The number of aryl methyl sites for hydroxylation is 3. The van der Waals surface area contributed by atoms with Crippen LogP contribution in [0.1, 0.15) is 29.4 Å². The average Bonchev–Trinajstić information content (AvgIpc) is 2.72. The van der Waals surface area contributed by atoms with Gasteiger partial charge in [0.15, 0.2) is 0 Å². The molecule has 0 fully saturated rings. The van der Waals surface area contributed by atoms with Gasteiger partial charge in [0.2, 0.25) is 0 Å². The summed E-state index contributed by atoms with van der Waals surface area (Å²) >= 11 is 9.78. The van der Waals surface area contributed by atoms with Crippen molar-refractivity contribution in [1.82, 2.24) is 9.78 Å². The fourth-order valence-electron chi connectivity index (χ4n) is 2.11. The van der Waals surface area contributed by atoms with Crippen LogP contribution >= 0.6 is 27.5 Å². The molecule has 0 amide bonds. The Kier molecular flexibility index (Phi) is 5.11.